The minimum absolute atomic E-state index is 0.0576. The second-order valence-corrected chi connectivity index (χ2v) is 5.68. The third kappa shape index (κ3) is 6.62. The summed E-state index contributed by atoms with van der Waals surface area (Å²) >= 11 is 0. The predicted molar refractivity (Wildman–Crippen MR) is 92.9 cm³/mol. The summed E-state index contributed by atoms with van der Waals surface area (Å²) in [6, 6.07) is 7.19. The van der Waals surface area contributed by atoms with E-state index in [1.165, 1.54) is 4.90 Å². The fourth-order valence-electron chi connectivity index (χ4n) is 2.43. The summed E-state index contributed by atoms with van der Waals surface area (Å²) in [6.07, 6.45) is 1.21. The van der Waals surface area contributed by atoms with Crippen LogP contribution in [-0.2, 0) is 19.1 Å². The number of nitrogens with one attached hydrogen (secondary N) is 1. The molecule has 0 aliphatic carbocycles. The van der Waals surface area contributed by atoms with Crippen molar-refractivity contribution in [2.75, 3.05) is 39.5 Å². The molecular weight excluding hydrogens is 340 g/mol. The summed E-state index contributed by atoms with van der Waals surface area (Å²) in [4.78, 5) is 36.1. The highest BCUT2D eigenvalue weighted by Gasteiger charge is 2.23. The van der Waals surface area contributed by atoms with Crippen LogP contribution in [0.1, 0.15) is 19.8 Å². The van der Waals surface area contributed by atoms with E-state index in [1.54, 1.807) is 12.1 Å². The highest BCUT2D eigenvalue weighted by atomic mass is 16.5. The fourth-order valence-corrected chi connectivity index (χ4v) is 2.43. The predicted octanol–water partition coefficient (Wildman–Crippen LogP) is 0.746. The average Bonchev–Trinajstić information content (AvgIpc) is 3.03. The summed E-state index contributed by atoms with van der Waals surface area (Å²) in [7, 11) is 0. The molecule has 1 aromatic carbocycles. The van der Waals surface area contributed by atoms with E-state index in [2.05, 4.69) is 5.32 Å². The maximum atomic E-state index is 11.6. The molecule has 0 unspecified atom stereocenters. The van der Waals surface area contributed by atoms with Crippen molar-refractivity contribution in [1.82, 2.24) is 10.2 Å². The maximum Gasteiger partial charge on any atom is 0.326 e. The Morgan fingerprint density at radius 1 is 1.15 bits per heavy atom. The highest BCUT2D eigenvalue weighted by molar-refractivity contribution is 5.85. The number of ether oxygens (including phenoxy) is 3. The third-order valence-corrected chi connectivity index (χ3v) is 3.68. The molecule has 1 aliphatic heterocycles. The number of hydrogen-bond acceptors (Lipinski definition) is 6. The van der Waals surface area contributed by atoms with Gasteiger partial charge in [0.25, 0.3) is 5.91 Å². The van der Waals surface area contributed by atoms with Crippen molar-refractivity contribution in [3.8, 4) is 11.5 Å². The first-order chi connectivity index (χ1) is 12.6. The van der Waals surface area contributed by atoms with Crippen molar-refractivity contribution in [3.63, 3.8) is 0 Å². The van der Waals surface area contributed by atoms with Gasteiger partial charge in [-0.3, -0.25) is 14.4 Å². The Kier molecular flexibility index (Phi) is 7.73. The first-order valence-electron chi connectivity index (χ1n) is 8.64. The molecule has 0 atom stereocenters. The van der Waals surface area contributed by atoms with Crippen LogP contribution >= 0.6 is 0 Å². The lowest BCUT2D eigenvalue weighted by Gasteiger charge is -2.14. The van der Waals surface area contributed by atoms with Gasteiger partial charge in [0.2, 0.25) is 5.91 Å². The minimum Gasteiger partial charge on any atom is -0.494 e. The molecule has 2 amide bonds. The van der Waals surface area contributed by atoms with Crippen molar-refractivity contribution in [2.45, 2.75) is 19.8 Å². The van der Waals surface area contributed by atoms with Crippen molar-refractivity contribution in [3.05, 3.63) is 24.3 Å². The normalized spacial score (nSPS) is 13.4. The second kappa shape index (κ2) is 10.3. The van der Waals surface area contributed by atoms with Gasteiger partial charge in [-0.15, -0.1) is 0 Å². The summed E-state index contributed by atoms with van der Waals surface area (Å²) in [5.74, 6) is 0.385. The lowest BCUT2D eigenvalue weighted by atomic mass is 10.3. The smallest absolute Gasteiger partial charge is 0.326 e. The molecule has 0 aromatic heterocycles. The Morgan fingerprint density at radius 3 is 2.46 bits per heavy atom. The van der Waals surface area contributed by atoms with Crippen LogP contribution in [0.3, 0.4) is 0 Å². The van der Waals surface area contributed by atoms with Gasteiger partial charge < -0.3 is 24.4 Å². The maximum absolute atomic E-state index is 11.6. The number of nitrogens with zero attached hydrogens (tertiary/aromatic N) is 1. The number of rotatable bonds is 10. The molecule has 0 spiro atoms. The van der Waals surface area contributed by atoms with Crippen LogP contribution in [0.2, 0.25) is 0 Å². The van der Waals surface area contributed by atoms with E-state index >= 15 is 0 Å². The molecule has 2 rings (SSSR count). The van der Waals surface area contributed by atoms with Gasteiger partial charge in [-0.2, -0.15) is 0 Å². The van der Waals surface area contributed by atoms with Crippen LogP contribution in [0.5, 0.6) is 11.5 Å². The second-order valence-electron chi connectivity index (χ2n) is 5.68. The van der Waals surface area contributed by atoms with Gasteiger partial charge in [0.15, 0.2) is 6.61 Å². The number of esters is 1. The van der Waals surface area contributed by atoms with Crippen LogP contribution in [0, 0.1) is 0 Å². The summed E-state index contributed by atoms with van der Waals surface area (Å²) in [5, 5.41) is 2.60. The number of amides is 2. The molecule has 1 N–H and O–H groups in total. The van der Waals surface area contributed by atoms with E-state index in [1.807, 2.05) is 19.1 Å². The highest BCUT2D eigenvalue weighted by Crippen LogP contribution is 2.17. The Morgan fingerprint density at radius 2 is 1.85 bits per heavy atom. The van der Waals surface area contributed by atoms with Gasteiger partial charge in [-0.05, 0) is 37.6 Å². The molecule has 1 saturated heterocycles. The van der Waals surface area contributed by atoms with E-state index in [9.17, 15) is 14.4 Å². The fraction of sp³-hybridized carbons (Fsp3) is 0.500. The number of carbonyl (C=O) groups excluding carboxylic acids is 3. The summed E-state index contributed by atoms with van der Waals surface area (Å²) in [5.41, 5.74) is 0. The molecule has 1 aromatic rings. The Labute approximate surface area is 152 Å². The van der Waals surface area contributed by atoms with Crippen LogP contribution in [-0.4, -0.2) is 62.1 Å². The molecular formula is C18H24N2O6. The molecule has 8 nitrogen and oxygen atoms in total. The van der Waals surface area contributed by atoms with Crippen molar-refractivity contribution in [1.29, 1.82) is 0 Å². The van der Waals surface area contributed by atoms with Gasteiger partial charge in [0.1, 0.15) is 24.7 Å². The Balaban J connectivity index is 1.55. The molecule has 0 radical (unpaired) electrons. The standard InChI is InChI=1S/C18H24N2O6/c1-2-24-14-5-7-15(8-6-14)25-11-9-19-16(21)13-26-18(23)12-20-10-3-4-17(20)22/h5-8H,2-4,9-13H2,1H3,(H,19,21). The van der Waals surface area contributed by atoms with Crippen molar-refractivity contribution >= 4 is 17.8 Å². The molecule has 142 valence electrons. The molecule has 0 bridgehead atoms. The zero-order valence-corrected chi connectivity index (χ0v) is 14.9. The van der Waals surface area contributed by atoms with Crippen LogP contribution in [0.15, 0.2) is 24.3 Å². The number of hydrogen-bond donors (Lipinski definition) is 1. The lowest BCUT2D eigenvalue weighted by molar-refractivity contribution is -0.151. The largest absolute Gasteiger partial charge is 0.494 e. The van der Waals surface area contributed by atoms with Crippen molar-refractivity contribution < 1.29 is 28.6 Å². The topological polar surface area (TPSA) is 94.2 Å². The third-order valence-electron chi connectivity index (χ3n) is 3.68. The average molecular weight is 364 g/mol. The first kappa shape index (κ1) is 19.6. The first-order valence-corrected chi connectivity index (χ1v) is 8.64. The molecule has 0 saturated carbocycles. The lowest BCUT2D eigenvalue weighted by Crippen LogP contribution is -2.35. The molecule has 26 heavy (non-hydrogen) atoms. The number of benzene rings is 1. The number of likely N-dealkylation sites (tertiary alicyclic amines) is 1. The van der Waals surface area contributed by atoms with Gasteiger partial charge in [0, 0.05) is 13.0 Å². The molecule has 1 heterocycles. The van der Waals surface area contributed by atoms with E-state index in [4.69, 9.17) is 14.2 Å². The molecule has 1 aliphatic rings. The van der Waals surface area contributed by atoms with E-state index in [0.29, 0.717) is 25.3 Å². The van der Waals surface area contributed by atoms with Gasteiger partial charge >= 0.3 is 5.97 Å². The monoisotopic (exact) mass is 364 g/mol. The Hall–Kier alpha value is -2.77. The summed E-state index contributed by atoms with van der Waals surface area (Å²) in [6.45, 7) is 3.17. The molecule has 1 fully saturated rings. The van der Waals surface area contributed by atoms with E-state index in [0.717, 1.165) is 12.2 Å². The van der Waals surface area contributed by atoms with E-state index in [-0.39, 0.29) is 32.2 Å². The van der Waals surface area contributed by atoms with Crippen LogP contribution in [0.4, 0.5) is 0 Å². The zero-order valence-electron chi connectivity index (χ0n) is 14.9. The van der Waals surface area contributed by atoms with E-state index < -0.39 is 11.9 Å². The van der Waals surface area contributed by atoms with Crippen LogP contribution < -0.4 is 14.8 Å². The van der Waals surface area contributed by atoms with Crippen molar-refractivity contribution in [2.24, 2.45) is 0 Å². The van der Waals surface area contributed by atoms with Gasteiger partial charge in [0.05, 0.1) is 13.2 Å². The SMILES string of the molecule is CCOc1ccc(OCCNC(=O)COC(=O)CN2CCCC2=O)cc1. The molecule has 8 heteroatoms. The van der Waals surface area contributed by atoms with Gasteiger partial charge in [-0.1, -0.05) is 0 Å². The van der Waals surface area contributed by atoms with Crippen LogP contribution in [0.25, 0.3) is 0 Å². The number of carbonyl (C=O) groups is 3. The zero-order chi connectivity index (χ0) is 18.8. The Bertz CT molecular complexity index is 617. The quantitative estimate of drug-likeness (QED) is 0.486. The minimum atomic E-state index is -0.582. The summed E-state index contributed by atoms with van der Waals surface area (Å²) < 4.78 is 15.7. The van der Waals surface area contributed by atoms with Gasteiger partial charge in [-0.25, -0.2) is 0 Å².